The standard InChI is InChI=1S/C11H16N4O3.ClH/c1-7-6-8(4-5-12-7)13-11(16)9-2-3-10(14-9)15(17)18;/h2-3,7-8,12,14H,4-6H2,1H3,(H,13,16);1H. The molecule has 1 aliphatic rings. The monoisotopic (exact) mass is 288 g/mol. The van der Waals surface area contributed by atoms with Crippen molar-refractivity contribution in [3.8, 4) is 0 Å². The lowest BCUT2D eigenvalue weighted by Gasteiger charge is -2.28. The van der Waals surface area contributed by atoms with E-state index in [1.165, 1.54) is 12.1 Å². The molecule has 0 aliphatic carbocycles. The van der Waals surface area contributed by atoms with Crippen molar-refractivity contribution in [1.82, 2.24) is 15.6 Å². The van der Waals surface area contributed by atoms with E-state index in [0.717, 1.165) is 19.4 Å². The quantitative estimate of drug-likeness (QED) is 0.575. The van der Waals surface area contributed by atoms with Crippen molar-refractivity contribution in [1.29, 1.82) is 0 Å². The molecule has 1 aromatic heterocycles. The smallest absolute Gasteiger partial charge is 0.321 e. The number of nitro groups is 1. The van der Waals surface area contributed by atoms with Crippen molar-refractivity contribution in [2.75, 3.05) is 6.54 Å². The van der Waals surface area contributed by atoms with Crippen LogP contribution in [0, 0.1) is 10.1 Å². The Kier molecular flexibility index (Phi) is 5.31. The molecule has 106 valence electrons. The SMILES string of the molecule is CC1CC(NC(=O)c2ccc([N+](=O)[O-])[nH]2)CCN1.Cl. The van der Waals surface area contributed by atoms with Gasteiger partial charge < -0.3 is 20.7 Å². The van der Waals surface area contributed by atoms with E-state index in [-0.39, 0.29) is 35.9 Å². The number of aromatic amines is 1. The maximum Gasteiger partial charge on any atom is 0.321 e. The Bertz CT molecular complexity index is 463. The molecule has 0 spiro atoms. The number of hydrogen-bond donors (Lipinski definition) is 3. The van der Waals surface area contributed by atoms with Gasteiger partial charge in [0, 0.05) is 18.2 Å². The summed E-state index contributed by atoms with van der Waals surface area (Å²) in [4.78, 5) is 24.3. The highest BCUT2D eigenvalue weighted by atomic mass is 35.5. The van der Waals surface area contributed by atoms with Gasteiger partial charge in [-0.15, -0.1) is 12.4 Å². The summed E-state index contributed by atoms with van der Waals surface area (Å²) in [5.74, 6) is -0.457. The topological polar surface area (TPSA) is 100 Å². The van der Waals surface area contributed by atoms with E-state index in [1.807, 2.05) is 0 Å². The molecule has 1 amide bonds. The van der Waals surface area contributed by atoms with E-state index in [9.17, 15) is 14.9 Å². The lowest BCUT2D eigenvalue weighted by atomic mass is 10.0. The number of hydrogen-bond acceptors (Lipinski definition) is 4. The molecule has 3 N–H and O–H groups in total. The van der Waals surface area contributed by atoms with Crippen molar-refractivity contribution in [2.45, 2.75) is 31.8 Å². The van der Waals surface area contributed by atoms with Gasteiger partial charge in [0.25, 0.3) is 5.91 Å². The van der Waals surface area contributed by atoms with Gasteiger partial charge in [-0.05, 0) is 37.3 Å². The molecule has 0 aromatic carbocycles. The molecule has 8 heteroatoms. The van der Waals surface area contributed by atoms with Gasteiger partial charge in [0.05, 0.1) is 0 Å². The number of nitrogens with one attached hydrogen (secondary N) is 3. The van der Waals surface area contributed by atoms with E-state index >= 15 is 0 Å². The minimum Gasteiger partial charge on any atom is -0.358 e. The Morgan fingerprint density at radius 1 is 1.53 bits per heavy atom. The predicted octanol–water partition coefficient (Wildman–Crippen LogP) is 1.21. The van der Waals surface area contributed by atoms with Gasteiger partial charge in [0.2, 0.25) is 0 Å². The summed E-state index contributed by atoms with van der Waals surface area (Å²) >= 11 is 0. The second-order valence-corrected chi connectivity index (χ2v) is 4.56. The van der Waals surface area contributed by atoms with Crippen molar-refractivity contribution in [3.63, 3.8) is 0 Å². The first-order valence-corrected chi connectivity index (χ1v) is 5.94. The van der Waals surface area contributed by atoms with E-state index in [4.69, 9.17) is 0 Å². The highest BCUT2D eigenvalue weighted by molar-refractivity contribution is 5.93. The Morgan fingerprint density at radius 2 is 2.26 bits per heavy atom. The molecule has 0 radical (unpaired) electrons. The average molecular weight is 289 g/mol. The van der Waals surface area contributed by atoms with Crippen LogP contribution in [-0.4, -0.2) is 34.4 Å². The molecule has 0 saturated carbocycles. The number of amides is 1. The van der Waals surface area contributed by atoms with Crippen molar-refractivity contribution in [2.24, 2.45) is 0 Å². The van der Waals surface area contributed by atoms with Crippen LogP contribution in [0.1, 0.15) is 30.3 Å². The van der Waals surface area contributed by atoms with Crippen LogP contribution >= 0.6 is 12.4 Å². The van der Waals surface area contributed by atoms with E-state index in [1.54, 1.807) is 0 Å². The molecule has 2 unspecified atom stereocenters. The summed E-state index contributed by atoms with van der Waals surface area (Å²) in [6.07, 6.45) is 1.74. The zero-order chi connectivity index (χ0) is 13.1. The summed E-state index contributed by atoms with van der Waals surface area (Å²) < 4.78 is 0. The molecular weight excluding hydrogens is 272 g/mol. The summed E-state index contributed by atoms with van der Waals surface area (Å²) in [5, 5.41) is 16.7. The number of halogens is 1. The molecule has 2 heterocycles. The molecular formula is C11H17ClN4O3. The maximum absolute atomic E-state index is 11.9. The van der Waals surface area contributed by atoms with Crippen LogP contribution in [0.3, 0.4) is 0 Å². The molecule has 1 saturated heterocycles. The highest BCUT2D eigenvalue weighted by Gasteiger charge is 2.22. The number of H-pyrrole nitrogens is 1. The molecule has 0 bridgehead atoms. The zero-order valence-electron chi connectivity index (χ0n) is 10.5. The second-order valence-electron chi connectivity index (χ2n) is 4.56. The van der Waals surface area contributed by atoms with Crippen LogP contribution in [0.2, 0.25) is 0 Å². The molecule has 1 aliphatic heterocycles. The summed E-state index contributed by atoms with van der Waals surface area (Å²) in [6, 6.07) is 3.22. The number of carbonyl (C=O) groups is 1. The van der Waals surface area contributed by atoms with E-state index in [2.05, 4.69) is 22.5 Å². The first kappa shape index (κ1) is 15.5. The van der Waals surface area contributed by atoms with Gasteiger partial charge in [-0.25, -0.2) is 4.98 Å². The van der Waals surface area contributed by atoms with Gasteiger partial charge in [-0.1, -0.05) is 0 Å². The predicted molar refractivity (Wildman–Crippen MR) is 72.6 cm³/mol. The Hall–Kier alpha value is -1.60. The molecule has 7 nitrogen and oxygen atoms in total. The summed E-state index contributed by atoms with van der Waals surface area (Å²) in [5.41, 5.74) is 0.230. The van der Waals surface area contributed by atoms with Crippen LogP contribution in [0.5, 0.6) is 0 Å². The van der Waals surface area contributed by atoms with Crippen LogP contribution in [-0.2, 0) is 0 Å². The molecule has 2 atom stereocenters. The maximum atomic E-state index is 11.9. The molecule has 19 heavy (non-hydrogen) atoms. The van der Waals surface area contributed by atoms with Gasteiger partial charge in [0.1, 0.15) is 0 Å². The van der Waals surface area contributed by atoms with Crippen LogP contribution in [0.15, 0.2) is 12.1 Å². The normalized spacial score (nSPS) is 22.4. The van der Waals surface area contributed by atoms with Gasteiger partial charge >= 0.3 is 5.82 Å². The van der Waals surface area contributed by atoms with Crippen LogP contribution < -0.4 is 10.6 Å². The van der Waals surface area contributed by atoms with Crippen LogP contribution in [0.25, 0.3) is 0 Å². The third-order valence-corrected chi connectivity index (χ3v) is 3.07. The van der Waals surface area contributed by atoms with Gasteiger partial charge in [-0.3, -0.25) is 4.79 Å². The number of carbonyl (C=O) groups excluding carboxylic acids is 1. The van der Waals surface area contributed by atoms with Crippen molar-refractivity contribution >= 4 is 24.1 Å². The minimum absolute atomic E-state index is 0. The fourth-order valence-corrected chi connectivity index (χ4v) is 2.15. The number of nitrogens with zero attached hydrogens (tertiary/aromatic N) is 1. The lowest BCUT2D eigenvalue weighted by molar-refractivity contribution is -0.389. The fraction of sp³-hybridized carbons (Fsp3) is 0.545. The Morgan fingerprint density at radius 3 is 2.84 bits per heavy atom. The number of rotatable bonds is 3. The minimum atomic E-state index is -0.552. The van der Waals surface area contributed by atoms with Gasteiger partial charge in [0.15, 0.2) is 5.69 Å². The molecule has 1 aromatic rings. The number of aromatic nitrogens is 1. The zero-order valence-corrected chi connectivity index (χ0v) is 11.3. The second kappa shape index (κ2) is 6.53. The highest BCUT2D eigenvalue weighted by Crippen LogP contribution is 2.12. The third kappa shape index (κ3) is 3.93. The molecule has 2 rings (SSSR count). The van der Waals surface area contributed by atoms with Crippen LogP contribution in [0.4, 0.5) is 5.82 Å². The van der Waals surface area contributed by atoms with Crippen molar-refractivity contribution < 1.29 is 9.72 Å². The first-order valence-electron chi connectivity index (χ1n) is 5.94. The Balaban J connectivity index is 0.00000180. The fourth-order valence-electron chi connectivity index (χ4n) is 2.15. The van der Waals surface area contributed by atoms with E-state index in [0.29, 0.717) is 6.04 Å². The largest absolute Gasteiger partial charge is 0.358 e. The first-order chi connectivity index (χ1) is 8.56. The Labute approximate surface area is 116 Å². The number of piperidine rings is 1. The van der Waals surface area contributed by atoms with E-state index < -0.39 is 4.92 Å². The van der Waals surface area contributed by atoms with Crippen molar-refractivity contribution in [3.05, 3.63) is 27.9 Å². The summed E-state index contributed by atoms with van der Waals surface area (Å²) in [7, 11) is 0. The average Bonchev–Trinajstić information content (AvgIpc) is 2.78. The van der Waals surface area contributed by atoms with Gasteiger partial charge in [-0.2, -0.15) is 0 Å². The summed E-state index contributed by atoms with van der Waals surface area (Å²) in [6.45, 7) is 2.94. The third-order valence-electron chi connectivity index (χ3n) is 3.07. The molecule has 1 fully saturated rings. The lowest BCUT2D eigenvalue weighted by Crippen LogP contribution is -2.46.